The van der Waals surface area contributed by atoms with Crippen LogP contribution in [0.1, 0.15) is 40.0 Å². The second-order valence-corrected chi connectivity index (χ2v) is 5.60. The fourth-order valence-electron chi connectivity index (χ4n) is 1.67. The number of carbonyl (C=O) groups excluding carboxylic acids is 1. The molecule has 0 atom stereocenters. The highest BCUT2D eigenvalue weighted by molar-refractivity contribution is 5.77. The molecule has 1 N–H and O–H groups in total. The van der Waals surface area contributed by atoms with Crippen LogP contribution < -0.4 is 5.32 Å². The van der Waals surface area contributed by atoms with E-state index in [-0.39, 0.29) is 11.8 Å². The number of unbranched alkanes of at least 4 members (excludes halogenated alkanes) is 2. The summed E-state index contributed by atoms with van der Waals surface area (Å²) in [6, 6.07) is 0. The third kappa shape index (κ3) is 17.5. The van der Waals surface area contributed by atoms with Crippen molar-refractivity contribution >= 4 is 5.91 Å². The van der Waals surface area contributed by atoms with E-state index in [4.69, 9.17) is 18.9 Å². The van der Waals surface area contributed by atoms with Gasteiger partial charge in [0.25, 0.3) is 0 Å². The largest absolute Gasteiger partial charge is 0.379 e. The van der Waals surface area contributed by atoms with Gasteiger partial charge < -0.3 is 24.3 Å². The molecule has 6 heteroatoms. The standard InChI is InChI=1S/C17H35NO5/c1-4-5-6-8-20-10-12-22-14-15-23-13-11-21-9-7-18-17(19)16(2)3/h16H,4-15H2,1-3H3,(H,18,19). The average Bonchev–Trinajstić information content (AvgIpc) is 2.54. The predicted molar refractivity (Wildman–Crippen MR) is 90.6 cm³/mol. The Morgan fingerprint density at radius 1 is 0.783 bits per heavy atom. The van der Waals surface area contributed by atoms with E-state index in [2.05, 4.69) is 12.2 Å². The van der Waals surface area contributed by atoms with Gasteiger partial charge in [0.2, 0.25) is 5.91 Å². The highest BCUT2D eigenvalue weighted by atomic mass is 16.6. The van der Waals surface area contributed by atoms with Gasteiger partial charge in [-0.15, -0.1) is 0 Å². The summed E-state index contributed by atoms with van der Waals surface area (Å²) in [4.78, 5) is 11.3. The van der Waals surface area contributed by atoms with Gasteiger partial charge in [0, 0.05) is 19.1 Å². The number of amides is 1. The summed E-state index contributed by atoms with van der Waals surface area (Å²) in [7, 11) is 0. The summed E-state index contributed by atoms with van der Waals surface area (Å²) < 4.78 is 21.6. The Kier molecular flexibility index (Phi) is 17.1. The summed E-state index contributed by atoms with van der Waals surface area (Å²) in [6.07, 6.45) is 3.56. The van der Waals surface area contributed by atoms with Gasteiger partial charge in [-0.05, 0) is 6.42 Å². The van der Waals surface area contributed by atoms with Crippen molar-refractivity contribution in [3.8, 4) is 0 Å². The van der Waals surface area contributed by atoms with Gasteiger partial charge in [0.05, 0.1) is 46.2 Å². The van der Waals surface area contributed by atoms with Gasteiger partial charge in [-0.25, -0.2) is 0 Å². The van der Waals surface area contributed by atoms with Gasteiger partial charge in [0.1, 0.15) is 0 Å². The number of hydrogen-bond donors (Lipinski definition) is 1. The third-order valence-corrected chi connectivity index (χ3v) is 3.08. The molecule has 0 radical (unpaired) electrons. The zero-order valence-corrected chi connectivity index (χ0v) is 15.1. The van der Waals surface area contributed by atoms with E-state index < -0.39 is 0 Å². The molecular weight excluding hydrogens is 298 g/mol. The van der Waals surface area contributed by atoms with Crippen molar-refractivity contribution in [1.29, 1.82) is 0 Å². The van der Waals surface area contributed by atoms with Crippen LogP contribution in [0, 0.1) is 5.92 Å². The second kappa shape index (κ2) is 17.7. The Morgan fingerprint density at radius 2 is 1.26 bits per heavy atom. The number of ether oxygens (including phenoxy) is 4. The van der Waals surface area contributed by atoms with Crippen molar-refractivity contribution in [2.45, 2.75) is 40.0 Å². The highest BCUT2D eigenvalue weighted by Gasteiger charge is 2.04. The molecule has 0 aliphatic rings. The lowest BCUT2D eigenvalue weighted by Gasteiger charge is -2.09. The first kappa shape index (κ1) is 22.3. The topological polar surface area (TPSA) is 66.0 Å². The van der Waals surface area contributed by atoms with Crippen LogP contribution in [0.4, 0.5) is 0 Å². The number of rotatable bonds is 17. The predicted octanol–water partition coefficient (Wildman–Crippen LogP) is 2.02. The quantitative estimate of drug-likeness (QED) is 0.413. The minimum absolute atomic E-state index is 0.0140. The lowest BCUT2D eigenvalue weighted by molar-refractivity contribution is -0.124. The molecule has 0 aliphatic carbocycles. The maximum Gasteiger partial charge on any atom is 0.222 e. The van der Waals surface area contributed by atoms with Crippen LogP contribution in [0.5, 0.6) is 0 Å². The Bertz CT molecular complexity index is 261. The summed E-state index contributed by atoms with van der Waals surface area (Å²) in [5.41, 5.74) is 0. The van der Waals surface area contributed by atoms with Gasteiger partial charge in [-0.3, -0.25) is 4.79 Å². The molecule has 0 unspecified atom stereocenters. The molecule has 0 spiro atoms. The van der Waals surface area contributed by atoms with Crippen molar-refractivity contribution in [3.05, 3.63) is 0 Å². The molecule has 0 aromatic heterocycles. The normalized spacial score (nSPS) is 11.1. The minimum Gasteiger partial charge on any atom is -0.379 e. The molecular formula is C17H35NO5. The van der Waals surface area contributed by atoms with E-state index in [0.29, 0.717) is 52.8 Å². The fourth-order valence-corrected chi connectivity index (χ4v) is 1.67. The Balaban J connectivity index is 3.04. The molecule has 0 rings (SSSR count). The van der Waals surface area contributed by atoms with Crippen LogP contribution >= 0.6 is 0 Å². The molecule has 0 aromatic carbocycles. The number of carbonyl (C=O) groups is 1. The van der Waals surface area contributed by atoms with E-state index in [1.54, 1.807) is 0 Å². The zero-order valence-electron chi connectivity index (χ0n) is 15.1. The molecule has 23 heavy (non-hydrogen) atoms. The van der Waals surface area contributed by atoms with E-state index in [1.165, 1.54) is 12.8 Å². The van der Waals surface area contributed by atoms with Crippen LogP contribution in [0.2, 0.25) is 0 Å². The smallest absolute Gasteiger partial charge is 0.222 e. The SMILES string of the molecule is CCCCCOCCOCCOCCOCCNC(=O)C(C)C. The minimum atomic E-state index is 0.0140. The van der Waals surface area contributed by atoms with Gasteiger partial charge in [-0.1, -0.05) is 33.6 Å². The van der Waals surface area contributed by atoms with Crippen LogP contribution in [0.3, 0.4) is 0 Å². The summed E-state index contributed by atoms with van der Waals surface area (Å²) in [5.74, 6) is 0.0661. The first-order chi connectivity index (χ1) is 11.2. The molecule has 0 fully saturated rings. The Hall–Kier alpha value is -0.690. The van der Waals surface area contributed by atoms with Gasteiger partial charge in [0.15, 0.2) is 0 Å². The molecule has 0 aliphatic heterocycles. The van der Waals surface area contributed by atoms with E-state index in [1.807, 2.05) is 13.8 Å². The number of nitrogens with one attached hydrogen (secondary N) is 1. The fraction of sp³-hybridized carbons (Fsp3) is 0.941. The first-order valence-corrected chi connectivity index (χ1v) is 8.77. The molecule has 0 aromatic rings. The Morgan fingerprint density at radius 3 is 1.74 bits per heavy atom. The molecule has 0 saturated carbocycles. The van der Waals surface area contributed by atoms with Gasteiger partial charge >= 0.3 is 0 Å². The van der Waals surface area contributed by atoms with Crippen LogP contribution in [-0.4, -0.2) is 65.3 Å². The van der Waals surface area contributed by atoms with E-state index in [9.17, 15) is 4.79 Å². The van der Waals surface area contributed by atoms with Gasteiger partial charge in [-0.2, -0.15) is 0 Å². The summed E-state index contributed by atoms with van der Waals surface area (Å²) >= 11 is 0. The average molecular weight is 333 g/mol. The van der Waals surface area contributed by atoms with Crippen molar-refractivity contribution < 1.29 is 23.7 Å². The maximum atomic E-state index is 11.3. The summed E-state index contributed by atoms with van der Waals surface area (Å²) in [6.45, 7) is 11.2. The molecule has 0 heterocycles. The van der Waals surface area contributed by atoms with Crippen LogP contribution in [0.25, 0.3) is 0 Å². The van der Waals surface area contributed by atoms with Crippen molar-refractivity contribution in [1.82, 2.24) is 5.32 Å². The third-order valence-electron chi connectivity index (χ3n) is 3.08. The molecule has 0 saturated heterocycles. The van der Waals surface area contributed by atoms with Crippen molar-refractivity contribution in [3.63, 3.8) is 0 Å². The van der Waals surface area contributed by atoms with Crippen molar-refractivity contribution in [2.24, 2.45) is 5.92 Å². The molecule has 138 valence electrons. The highest BCUT2D eigenvalue weighted by Crippen LogP contribution is 1.94. The van der Waals surface area contributed by atoms with E-state index in [0.717, 1.165) is 13.0 Å². The lowest BCUT2D eigenvalue weighted by atomic mass is 10.2. The molecule has 1 amide bonds. The van der Waals surface area contributed by atoms with Crippen LogP contribution in [0.15, 0.2) is 0 Å². The molecule has 6 nitrogen and oxygen atoms in total. The lowest BCUT2D eigenvalue weighted by Crippen LogP contribution is -2.31. The monoisotopic (exact) mass is 333 g/mol. The zero-order chi connectivity index (χ0) is 17.2. The number of hydrogen-bond acceptors (Lipinski definition) is 5. The maximum absolute atomic E-state index is 11.3. The first-order valence-electron chi connectivity index (χ1n) is 8.77. The summed E-state index contributed by atoms with van der Waals surface area (Å²) in [5, 5.41) is 2.79. The van der Waals surface area contributed by atoms with E-state index >= 15 is 0 Å². The van der Waals surface area contributed by atoms with Crippen molar-refractivity contribution in [2.75, 3.05) is 59.4 Å². The Labute approximate surface area is 141 Å². The molecule has 0 bridgehead atoms. The second-order valence-electron chi connectivity index (χ2n) is 5.60. The van der Waals surface area contributed by atoms with Crippen LogP contribution in [-0.2, 0) is 23.7 Å².